The number of nitrogens with zero attached hydrogens (tertiary/aromatic N) is 2. The Kier molecular flexibility index (Phi) is 5.80. The molecule has 0 aliphatic carbocycles. The van der Waals surface area contributed by atoms with Crippen molar-refractivity contribution >= 4 is 12.4 Å². The number of hydrogen-bond donors (Lipinski definition) is 2. The second-order valence-electron chi connectivity index (χ2n) is 4.25. The zero-order chi connectivity index (χ0) is 15.6. The van der Waals surface area contributed by atoms with E-state index in [1.807, 2.05) is 0 Å². The second kappa shape index (κ2) is 8.31. The molecule has 0 saturated carbocycles. The van der Waals surface area contributed by atoms with Crippen LogP contribution in [0.1, 0.15) is 11.1 Å². The predicted molar refractivity (Wildman–Crippen MR) is 83.3 cm³/mol. The SMILES string of the molecule is Oc1ccccc1C=NOCCON=Cc1ccccc1O. The quantitative estimate of drug-likeness (QED) is 0.467. The molecular formula is C16H16N2O4. The molecule has 2 N–H and O–H groups in total. The van der Waals surface area contributed by atoms with Gasteiger partial charge in [0.2, 0.25) is 0 Å². The van der Waals surface area contributed by atoms with Crippen LogP contribution >= 0.6 is 0 Å². The van der Waals surface area contributed by atoms with Crippen molar-refractivity contribution in [1.82, 2.24) is 0 Å². The Morgan fingerprint density at radius 1 is 0.727 bits per heavy atom. The fourth-order valence-corrected chi connectivity index (χ4v) is 1.56. The average molecular weight is 300 g/mol. The first-order chi connectivity index (χ1) is 10.8. The second-order valence-corrected chi connectivity index (χ2v) is 4.25. The van der Waals surface area contributed by atoms with Gasteiger partial charge in [0.05, 0.1) is 12.4 Å². The van der Waals surface area contributed by atoms with Gasteiger partial charge in [0.15, 0.2) is 13.2 Å². The van der Waals surface area contributed by atoms with E-state index in [1.54, 1.807) is 48.5 Å². The van der Waals surface area contributed by atoms with Crippen molar-refractivity contribution < 1.29 is 19.9 Å². The minimum Gasteiger partial charge on any atom is -0.507 e. The summed E-state index contributed by atoms with van der Waals surface area (Å²) >= 11 is 0. The fourth-order valence-electron chi connectivity index (χ4n) is 1.56. The van der Waals surface area contributed by atoms with E-state index in [4.69, 9.17) is 9.68 Å². The number of benzene rings is 2. The molecule has 114 valence electrons. The molecule has 0 aliphatic rings. The molecule has 0 radical (unpaired) electrons. The summed E-state index contributed by atoms with van der Waals surface area (Å²) in [6.07, 6.45) is 2.83. The highest BCUT2D eigenvalue weighted by Gasteiger charge is 1.95. The van der Waals surface area contributed by atoms with Crippen LogP contribution in [0.4, 0.5) is 0 Å². The Bertz CT molecular complexity index is 599. The first kappa shape index (κ1) is 15.4. The molecule has 0 aliphatic heterocycles. The molecule has 2 aromatic rings. The van der Waals surface area contributed by atoms with Crippen LogP contribution in [-0.2, 0) is 9.68 Å². The lowest BCUT2D eigenvalue weighted by Gasteiger charge is -2.00. The van der Waals surface area contributed by atoms with Crippen molar-refractivity contribution in [3.8, 4) is 11.5 Å². The third kappa shape index (κ3) is 4.82. The number of phenols is 2. The summed E-state index contributed by atoms with van der Waals surface area (Å²) in [6, 6.07) is 13.6. The summed E-state index contributed by atoms with van der Waals surface area (Å²) in [6.45, 7) is 0.421. The van der Waals surface area contributed by atoms with Gasteiger partial charge < -0.3 is 19.9 Å². The Labute approximate surface area is 127 Å². The molecule has 0 bridgehead atoms. The third-order valence-corrected chi connectivity index (χ3v) is 2.67. The normalized spacial score (nSPS) is 11.1. The van der Waals surface area contributed by atoms with E-state index in [2.05, 4.69) is 10.3 Å². The molecule has 2 rings (SSSR count). The monoisotopic (exact) mass is 300 g/mol. The van der Waals surface area contributed by atoms with E-state index in [1.165, 1.54) is 12.4 Å². The van der Waals surface area contributed by atoms with Crippen molar-refractivity contribution in [2.45, 2.75) is 0 Å². The molecule has 0 fully saturated rings. The lowest BCUT2D eigenvalue weighted by atomic mass is 10.2. The van der Waals surface area contributed by atoms with Gasteiger partial charge in [0, 0.05) is 11.1 Å². The van der Waals surface area contributed by atoms with E-state index < -0.39 is 0 Å². The lowest BCUT2D eigenvalue weighted by Crippen LogP contribution is -1.98. The van der Waals surface area contributed by atoms with Crippen LogP contribution in [0.15, 0.2) is 58.8 Å². The van der Waals surface area contributed by atoms with Crippen LogP contribution in [0, 0.1) is 0 Å². The Morgan fingerprint density at radius 2 is 1.14 bits per heavy atom. The number of oxime groups is 2. The van der Waals surface area contributed by atoms with Gasteiger partial charge >= 0.3 is 0 Å². The highest BCUT2D eigenvalue weighted by atomic mass is 16.7. The summed E-state index contributed by atoms with van der Waals surface area (Å²) in [5, 5.41) is 26.4. The summed E-state index contributed by atoms with van der Waals surface area (Å²) in [5.74, 6) is 0.275. The van der Waals surface area contributed by atoms with Gasteiger partial charge in [0.25, 0.3) is 0 Å². The molecular weight excluding hydrogens is 284 g/mol. The highest BCUT2D eigenvalue weighted by Crippen LogP contribution is 2.13. The van der Waals surface area contributed by atoms with Crippen molar-refractivity contribution in [1.29, 1.82) is 0 Å². The maximum Gasteiger partial charge on any atom is 0.153 e. The van der Waals surface area contributed by atoms with Crippen molar-refractivity contribution in [3.05, 3.63) is 59.7 Å². The Balaban J connectivity index is 1.66. The van der Waals surface area contributed by atoms with Crippen molar-refractivity contribution in [3.63, 3.8) is 0 Å². The highest BCUT2D eigenvalue weighted by molar-refractivity contribution is 5.83. The van der Waals surface area contributed by atoms with Gasteiger partial charge in [-0.05, 0) is 24.3 Å². The number of aromatic hydroxyl groups is 2. The summed E-state index contributed by atoms with van der Waals surface area (Å²) < 4.78 is 0. The van der Waals surface area contributed by atoms with Crippen LogP contribution in [0.25, 0.3) is 0 Å². The maximum atomic E-state index is 9.50. The smallest absolute Gasteiger partial charge is 0.153 e. The van der Waals surface area contributed by atoms with Gasteiger partial charge in [-0.15, -0.1) is 0 Å². The van der Waals surface area contributed by atoms with Crippen LogP contribution in [0.3, 0.4) is 0 Å². The Morgan fingerprint density at radius 3 is 1.55 bits per heavy atom. The van der Waals surface area contributed by atoms with Gasteiger partial charge in [-0.3, -0.25) is 0 Å². The molecule has 0 amide bonds. The minimum absolute atomic E-state index is 0.137. The maximum absolute atomic E-state index is 9.50. The van der Waals surface area contributed by atoms with E-state index >= 15 is 0 Å². The van der Waals surface area contributed by atoms with Crippen LogP contribution in [-0.4, -0.2) is 35.9 Å². The molecule has 6 heteroatoms. The molecule has 0 aromatic heterocycles. The molecule has 22 heavy (non-hydrogen) atoms. The van der Waals surface area contributed by atoms with Crippen molar-refractivity contribution in [2.75, 3.05) is 13.2 Å². The zero-order valence-electron chi connectivity index (χ0n) is 11.8. The largest absolute Gasteiger partial charge is 0.507 e. The molecule has 0 heterocycles. The summed E-state index contributed by atoms with van der Waals surface area (Å²) in [5.41, 5.74) is 1.14. The van der Waals surface area contributed by atoms with Gasteiger partial charge in [-0.25, -0.2) is 0 Å². The molecule has 2 aromatic carbocycles. The fraction of sp³-hybridized carbons (Fsp3) is 0.125. The number of rotatable bonds is 7. The number of hydrogen-bond acceptors (Lipinski definition) is 6. The summed E-state index contributed by atoms with van der Waals surface area (Å²) in [4.78, 5) is 9.96. The van der Waals surface area contributed by atoms with Gasteiger partial charge in [-0.1, -0.05) is 34.6 Å². The predicted octanol–water partition coefficient (Wildman–Crippen LogP) is 2.50. The number of phenolic OH excluding ortho intramolecular Hbond substituents is 2. The first-order valence-electron chi connectivity index (χ1n) is 6.64. The van der Waals surface area contributed by atoms with Crippen LogP contribution < -0.4 is 0 Å². The van der Waals surface area contributed by atoms with E-state index in [0.717, 1.165) is 0 Å². The number of para-hydroxylation sites is 2. The molecule has 0 atom stereocenters. The average Bonchev–Trinajstić information content (AvgIpc) is 2.53. The topological polar surface area (TPSA) is 83.6 Å². The standard InChI is InChI=1S/C16H16N2O4/c19-15-7-3-1-5-13(15)11-17-21-9-10-22-18-12-14-6-2-4-8-16(14)20/h1-8,11-12,19-20H,9-10H2. The summed E-state index contributed by atoms with van der Waals surface area (Å²) in [7, 11) is 0. The van der Waals surface area contributed by atoms with E-state index in [0.29, 0.717) is 11.1 Å². The molecule has 0 spiro atoms. The van der Waals surface area contributed by atoms with Crippen molar-refractivity contribution in [2.24, 2.45) is 10.3 Å². The molecule has 0 saturated heterocycles. The third-order valence-electron chi connectivity index (χ3n) is 2.67. The van der Waals surface area contributed by atoms with Crippen LogP contribution in [0.2, 0.25) is 0 Å². The first-order valence-corrected chi connectivity index (χ1v) is 6.64. The zero-order valence-corrected chi connectivity index (χ0v) is 11.8. The van der Waals surface area contributed by atoms with Crippen LogP contribution in [0.5, 0.6) is 11.5 Å². The molecule has 6 nitrogen and oxygen atoms in total. The molecule has 0 unspecified atom stereocenters. The Hall–Kier alpha value is -3.02. The van der Waals surface area contributed by atoms with Gasteiger partial charge in [-0.2, -0.15) is 0 Å². The lowest BCUT2D eigenvalue weighted by molar-refractivity contribution is 0.0553. The van der Waals surface area contributed by atoms with E-state index in [-0.39, 0.29) is 24.7 Å². The van der Waals surface area contributed by atoms with E-state index in [9.17, 15) is 10.2 Å². The van der Waals surface area contributed by atoms with Gasteiger partial charge in [0.1, 0.15) is 11.5 Å². The minimum atomic E-state index is 0.137.